The number of nitrogens with zero attached hydrogens (tertiary/aromatic N) is 2. The first kappa shape index (κ1) is 17.8. The lowest BCUT2D eigenvalue weighted by molar-refractivity contribution is 0.479. The molecule has 4 nitrogen and oxygen atoms in total. The molecule has 0 fully saturated rings. The van der Waals surface area contributed by atoms with Crippen molar-refractivity contribution in [1.82, 2.24) is 9.97 Å². The Hall–Kier alpha value is -3.55. The second-order valence-electron chi connectivity index (χ2n) is 6.26. The predicted molar refractivity (Wildman–Crippen MR) is 113 cm³/mol. The number of nitrogens with one attached hydrogen (secondary N) is 1. The molecule has 0 aliphatic heterocycles. The van der Waals surface area contributed by atoms with Gasteiger partial charge in [0.05, 0.1) is 5.52 Å². The zero-order valence-corrected chi connectivity index (χ0v) is 15.9. The van der Waals surface area contributed by atoms with E-state index in [-0.39, 0.29) is 0 Å². The number of aromatic nitrogens is 2. The Bertz CT molecular complexity index is 1210. The topological polar surface area (TPSA) is 47.0 Å². The molecule has 5 heteroatoms. The highest BCUT2D eigenvalue weighted by Gasteiger charge is 2.08. The standard InChI is InChI=1S/C23H16ClN3O/c1-3-16-5-4-6-18(12-16)27-23-20-13-19(8-9-21(20)25-14-26-23)28-22-10-7-17(24)11-15(22)2/h1,4-14H,2H3,(H,25,26,27). The lowest BCUT2D eigenvalue weighted by Gasteiger charge is -2.12. The molecule has 0 bridgehead atoms. The molecular formula is C23H16ClN3O. The van der Waals surface area contributed by atoms with Gasteiger partial charge in [-0.1, -0.05) is 23.6 Å². The summed E-state index contributed by atoms with van der Waals surface area (Å²) in [4.78, 5) is 8.73. The van der Waals surface area contributed by atoms with Gasteiger partial charge >= 0.3 is 0 Å². The van der Waals surface area contributed by atoms with Crippen LogP contribution < -0.4 is 10.1 Å². The number of benzene rings is 3. The third kappa shape index (κ3) is 3.75. The smallest absolute Gasteiger partial charge is 0.141 e. The third-order valence-corrected chi connectivity index (χ3v) is 4.50. The molecule has 28 heavy (non-hydrogen) atoms. The molecule has 1 heterocycles. The highest BCUT2D eigenvalue weighted by molar-refractivity contribution is 6.30. The van der Waals surface area contributed by atoms with Crippen LogP contribution in [0, 0.1) is 19.3 Å². The monoisotopic (exact) mass is 385 g/mol. The van der Waals surface area contributed by atoms with E-state index < -0.39 is 0 Å². The number of hydrogen-bond donors (Lipinski definition) is 1. The fraction of sp³-hybridized carbons (Fsp3) is 0.0435. The molecule has 4 rings (SSSR count). The number of halogens is 1. The number of anilines is 2. The molecule has 0 radical (unpaired) electrons. The van der Waals surface area contributed by atoms with Gasteiger partial charge in [-0.2, -0.15) is 0 Å². The van der Waals surface area contributed by atoms with Crippen LogP contribution in [0.3, 0.4) is 0 Å². The summed E-state index contributed by atoms with van der Waals surface area (Å²) in [5.74, 6) is 4.75. The molecule has 1 N–H and O–H groups in total. The van der Waals surface area contributed by atoms with Crippen LogP contribution in [-0.4, -0.2) is 9.97 Å². The quantitative estimate of drug-likeness (QED) is 0.430. The summed E-state index contributed by atoms with van der Waals surface area (Å²) in [7, 11) is 0. The summed E-state index contributed by atoms with van der Waals surface area (Å²) < 4.78 is 6.05. The SMILES string of the molecule is C#Cc1cccc(Nc2ncnc3ccc(Oc4ccc(Cl)cc4C)cc23)c1. The van der Waals surface area contributed by atoms with Crippen LogP contribution in [-0.2, 0) is 0 Å². The van der Waals surface area contributed by atoms with E-state index in [2.05, 4.69) is 21.2 Å². The molecule has 0 spiro atoms. The molecule has 0 amide bonds. The summed E-state index contributed by atoms with van der Waals surface area (Å²) in [5, 5.41) is 4.84. The number of hydrogen-bond acceptors (Lipinski definition) is 4. The Labute approximate surface area is 168 Å². The van der Waals surface area contributed by atoms with Crippen LogP contribution in [0.4, 0.5) is 11.5 Å². The number of rotatable bonds is 4. The second-order valence-corrected chi connectivity index (χ2v) is 6.70. The first-order valence-corrected chi connectivity index (χ1v) is 9.02. The Morgan fingerprint density at radius 2 is 1.93 bits per heavy atom. The first-order valence-electron chi connectivity index (χ1n) is 8.65. The zero-order chi connectivity index (χ0) is 19.5. The van der Waals surface area contributed by atoms with Gasteiger partial charge in [-0.15, -0.1) is 6.42 Å². The van der Waals surface area contributed by atoms with Gasteiger partial charge in [0.25, 0.3) is 0 Å². The van der Waals surface area contributed by atoms with Gasteiger partial charge < -0.3 is 10.1 Å². The summed E-state index contributed by atoms with van der Waals surface area (Å²) >= 11 is 6.02. The lowest BCUT2D eigenvalue weighted by Crippen LogP contribution is -1.97. The molecule has 136 valence electrons. The molecule has 0 aliphatic rings. The van der Waals surface area contributed by atoms with E-state index in [9.17, 15) is 0 Å². The Morgan fingerprint density at radius 3 is 2.75 bits per heavy atom. The van der Waals surface area contributed by atoms with Crippen molar-refractivity contribution in [2.24, 2.45) is 0 Å². The first-order chi connectivity index (χ1) is 13.6. The van der Waals surface area contributed by atoms with Gasteiger partial charge in [-0.3, -0.25) is 0 Å². The molecule has 1 aromatic heterocycles. The molecule has 4 aromatic rings. The third-order valence-electron chi connectivity index (χ3n) is 4.26. The highest BCUT2D eigenvalue weighted by Crippen LogP contribution is 2.31. The van der Waals surface area contributed by atoms with Crippen molar-refractivity contribution in [3.63, 3.8) is 0 Å². The van der Waals surface area contributed by atoms with Crippen LogP contribution >= 0.6 is 11.6 Å². The van der Waals surface area contributed by atoms with E-state index in [4.69, 9.17) is 22.8 Å². The van der Waals surface area contributed by atoms with Crippen molar-refractivity contribution < 1.29 is 4.74 Å². The average Bonchev–Trinajstić information content (AvgIpc) is 2.71. The van der Waals surface area contributed by atoms with Gasteiger partial charge in [0.1, 0.15) is 23.6 Å². The normalized spacial score (nSPS) is 10.5. The summed E-state index contributed by atoms with van der Waals surface area (Å²) in [6.45, 7) is 1.96. The number of ether oxygens (including phenoxy) is 1. The van der Waals surface area contributed by atoms with Crippen molar-refractivity contribution in [3.8, 4) is 23.8 Å². The van der Waals surface area contributed by atoms with Crippen LogP contribution in [0.15, 0.2) is 67.0 Å². The Balaban J connectivity index is 1.70. The summed E-state index contributed by atoms with van der Waals surface area (Å²) in [6, 6.07) is 18.8. The largest absolute Gasteiger partial charge is 0.457 e. The van der Waals surface area contributed by atoms with E-state index in [1.807, 2.05) is 61.5 Å². The Morgan fingerprint density at radius 1 is 1.04 bits per heavy atom. The second kappa shape index (κ2) is 7.59. The highest BCUT2D eigenvalue weighted by atomic mass is 35.5. The van der Waals surface area contributed by atoms with Crippen molar-refractivity contribution >= 4 is 34.0 Å². The Kier molecular flexibility index (Phi) is 4.84. The van der Waals surface area contributed by atoms with Crippen molar-refractivity contribution in [1.29, 1.82) is 0 Å². The lowest BCUT2D eigenvalue weighted by atomic mass is 10.2. The number of terminal acetylenes is 1. The minimum absolute atomic E-state index is 0.678. The maximum atomic E-state index is 6.05. The predicted octanol–water partition coefficient (Wildman–Crippen LogP) is 6.11. The van der Waals surface area contributed by atoms with Gasteiger partial charge in [0, 0.05) is 21.7 Å². The van der Waals surface area contributed by atoms with E-state index in [0.717, 1.165) is 33.5 Å². The van der Waals surface area contributed by atoms with Gasteiger partial charge in [0.15, 0.2) is 0 Å². The van der Waals surface area contributed by atoms with E-state index in [1.165, 1.54) is 6.33 Å². The molecule has 0 unspecified atom stereocenters. The molecule has 0 atom stereocenters. The van der Waals surface area contributed by atoms with Crippen LogP contribution in [0.1, 0.15) is 11.1 Å². The number of fused-ring (bicyclic) bond motifs is 1. The van der Waals surface area contributed by atoms with E-state index >= 15 is 0 Å². The maximum absolute atomic E-state index is 6.05. The number of aryl methyl sites for hydroxylation is 1. The van der Waals surface area contributed by atoms with Crippen molar-refractivity contribution in [2.75, 3.05) is 5.32 Å². The zero-order valence-electron chi connectivity index (χ0n) is 15.1. The summed E-state index contributed by atoms with van der Waals surface area (Å²) in [5.41, 5.74) is 3.42. The van der Waals surface area contributed by atoms with Crippen LogP contribution in [0.2, 0.25) is 5.02 Å². The minimum atomic E-state index is 0.678. The maximum Gasteiger partial charge on any atom is 0.141 e. The minimum Gasteiger partial charge on any atom is -0.457 e. The van der Waals surface area contributed by atoms with Gasteiger partial charge in [-0.05, 0) is 67.1 Å². The van der Waals surface area contributed by atoms with Crippen LogP contribution in [0.5, 0.6) is 11.5 Å². The molecule has 3 aromatic carbocycles. The molecule has 0 aliphatic carbocycles. The summed E-state index contributed by atoms with van der Waals surface area (Å²) in [6.07, 6.45) is 7.02. The fourth-order valence-electron chi connectivity index (χ4n) is 2.88. The van der Waals surface area contributed by atoms with E-state index in [1.54, 1.807) is 6.07 Å². The molecular weight excluding hydrogens is 370 g/mol. The van der Waals surface area contributed by atoms with Gasteiger partial charge in [0.2, 0.25) is 0 Å². The van der Waals surface area contributed by atoms with E-state index in [0.29, 0.717) is 16.6 Å². The fourth-order valence-corrected chi connectivity index (χ4v) is 3.10. The average molecular weight is 386 g/mol. The molecule has 0 saturated carbocycles. The van der Waals surface area contributed by atoms with Crippen molar-refractivity contribution in [2.45, 2.75) is 6.92 Å². The van der Waals surface area contributed by atoms with Crippen LogP contribution in [0.25, 0.3) is 10.9 Å². The molecule has 0 saturated heterocycles. The van der Waals surface area contributed by atoms with Crippen molar-refractivity contribution in [3.05, 3.63) is 83.1 Å². The van der Waals surface area contributed by atoms with Gasteiger partial charge in [-0.25, -0.2) is 9.97 Å².